The quantitative estimate of drug-likeness (QED) is 0.563. The molecule has 1 amide bonds. The van der Waals surface area contributed by atoms with Gasteiger partial charge in [0.05, 0.1) is 6.04 Å². The van der Waals surface area contributed by atoms with Crippen molar-refractivity contribution in [2.45, 2.75) is 52.0 Å². The summed E-state index contributed by atoms with van der Waals surface area (Å²) in [6.07, 6.45) is 7.09. The van der Waals surface area contributed by atoms with Crippen LogP contribution >= 0.6 is 0 Å². The molecule has 0 aromatic heterocycles. The fourth-order valence-electron chi connectivity index (χ4n) is 3.65. The van der Waals surface area contributed by atoms with E-state index in [0.29, 0.717) is 0 Å². The number of anilines is 1. The Morgan fingerprint density at radius 3 is 2.68 bits per heavy atom. The minimum atomic E-state index is -0.366. The molecule has 2 aromatic carbocycles. The van der Waals surface area contributed by atoms with Crippen LogP contribution in [0.5, 0.6) is 0 Å². The Balaban J connectivity index is 1.69. The monoisotopic (exact) mass is 373 g/mol. The first-order valence-electron chi connectivity index (χ1n) is 9.99. The summed E-state index contributed by atoms with van der Waals surface area (Å²) in [5.41, 5.74) is 6.00. The molecule has 0 aliphatic heterocycles. The molecule has 1 unspecified atom stereocenters. The lowest BCUT2D eigenvalue weighted by Crippen LogP contribution is -2.28. The van der Waals surface area contributed by atoms with Gasteiger partial charge in [-0.1, -0.05) is 43.3 Å². The molecule has 1 atom stereocenters. The molecule has 1 aliphatic carbocycles. The summed E-state index contributed by atoms with van der Waals surface area (Å²) in [5.74, 6) is -0.366. The summed E-state index contributed by atoms with van der Waals surface area (Å²) >= 11 is 0. The van der Waals surface area contributed by atoms with E-state index in [-0.39, 0.29) is 17.5 Å². The number of para-hydroxylation sites is 1. The Hall–Kier alpha value is -3.06. The van der Waals surface area contributed by atoms with E-state index in [0.717, 1.165) is 36.1 Å². The summed E-state index contributed by atoms with van der Waals surface area (Å²) in [6.45, 7) is 4.03. The van der Waals surface area contributed by atoms with Crippen molar-refractivity contribution in [2.24, 2.45) is 0 Å². The lowest BCUT2D eigenvalue weighted by atomic mass is 9.89. The highest BCUT2D eigenvalue weighted by atomic mass is 16.1. The SMILES string of the molecule is CCc1ccccc1N/C=C(/C#N)C(=O)NC(C)c1ccc2c(c1)CCCC2. The lowest BCUT2D eigenvalue weighted by molar-refractivity contribution is -0.117. The molecule has 2 aromatic rings. The van der Waals surface area contributed by atoms with Crippen molar-refractivity contribution in [3.63, 3.8) is 0 Å². The number of nitrogens with zero attached hydrogens (tertiary/aromatic N) is 1. The number of hydrogen-bond acceptors (Lipinski definition) is 3. The molecule has 3 rings (SSSR count). The van der Waals surface area contributed by atoms with E-state index in [9.17, 15) is 10.1 Å². The van der Waals surface area contributed by atoms with E-state index in [4.69, 9.17) is 0 Å². The molecule has 1 aliphatic rings. The van der Waals surface area contributed by atoms with Gasteiger partial charge in [-0.3, -0.25) is 4.79 Å². The second kappa shape index (κ2) is 9.23. The van der Waals surface area contributed by atoms with Crippen LogP contribution < -0.4 is 10.6 Å². The largest absolute Gasteiger partial charge is 0.360 e. The number of carbonyl (C=O) groups excluding carboxylic acids is 1. The van der Waals surface area contributed by atoms with Crippen molar-refractivity contribution < 1.29 is 4.79 Å². The van der Waals surface area contributed by atoms with Gasteiger partial charge in [-0.05, 0) is 67.3 Å². The van der Waals surface area contributed by atoms with Crippen molar-refractivity contribution >= 4 is 11.6 Å². The van der Waals surface area contributed by atoms with Gasteiger partial charge in [-0.15, -0.1) is 0 Å². The second-order valence-corrected chi connectivity index (χ2v) is 7.26. The summed E-state index contributed by atoms with van der Waals surface area (Å²) < 4.78 is 0. The first-order valence-corrected chi connectivity index (χ1v) is 9.99. The van der Waals surface area contributed by atoms with Gasteiger partial charge in [0.25, 0.3) is 5.91 Å². The zero-order valence-electron chi connectivity index (χ0n) is 16.6. The second-order valence-electron chi connectivity index (χ2n) is 7.26. The minimum Gasteiger partial charge on any atom is -0.360 e. The van der Waals surface area contributed by atoms with E-state index in [2.05, 4.69) is 35.8 Å². The highest BCUT2D eigenvalue weighted by Gasteiger charge is 2.16. The van der Waals surface area contributed by atoms with Crippen LogP contribution in [0.2, 0.25) is 0 Å². The number of benzene rings is 2. The maximum absolute atomic E-state index is 12.6. The zero-order chi connectivity index (χ0) is 19.9. The summed E-state index contributed by atoms with van der Waals surface area (Å²) in [6, 6.07) is 16.2. The average molecular weight is 374 g/mol. The highest BCUT2D eigenvalue weighted by molar-refractivity contribution is 5.97. The van der Waals surface area contributed by atoms with Gasteiger partial charge < -0.3 is 10.6 Å². The number of fused-ring (bicyclic) bond motifs is 1. The molecule has 0 radical (unpaired) electrons. The van der Waals surface area contributed by atoms with Crippen LogP contribution in [0.25, 0.3) is 0 Å². The van der Waals surface area contributed by atoms with E-state index >= 15 is 0 Å². The number of aryl methyl sites for hydroxylation is 3. The van der Waals surface area contributed by atoms with Gasteiger partial charge in [0.1, 0.15) is 11.6 Å². The van der Waals surface area contributed by atoms with Crippen LogP contribution in [0.3, 0.4) is 0 Å². The summed E-state index contributed by atoms with van der Waals surface area (Å²) in [4.78, 5) is 12.6. The Bertz CT molecular complexity index is 924. The fraction of sp³-hybridized carbons (Fsp3) is 0.333. The first kappa shape index (κ1) is 19.7. The Labute approximate surface area is 167 Å². The Kier molecular flexibility index (Phi) is 6.49. The maximum Gasteiger partial charge on any atom is 0.263 e. The molecule has 28 heavy (non-hydrogen) atoms. The lowest BCUT2D eigenvalue weighted by Gasteiger charge is -2.20. The van der Waals surface area contributed by atoms with Crippen molar-refractivity contribution in [2.75, 3.05) is 5.32 Å². The van der Waals surface area contributed by atoms with Gasteiger partial charge in [0.2, 0.25) is 0 Å². The van der Waals surface area contributed by atoms with Crippen LogP contribution in [0, 0.1) is 11.3 Å². The van der Waals surface area contributed by atoms with Gasteiger partial charge in [0, 0.05) is 11.9 Å². The number of nitriles is 1. The molecule has 0 saturated heterocycles. The van der Waals surface area contributed by atoms with Crippen molar-refractivity contribution in [1.29, 1.82) is 5.26 Å². The minimum absolute atomic E-state index is 0.0655. The van der Waals surface area contributed by atoms with E-state index in [1.165, 1.54) is 30.2 Å². The highest BCUT2D eigenvalue weighted by Crippen LogP contribution is 2.25. The van der Waals surface area contributed by atoms with Crippen LogP contribution in [0.1, 0.15) is 55.0 Å². The van der Waals surface area contributed by atoms with Crippen molar-refractivity contribution in [3.05, 3.63) is 76.5 Å². The predicted octanol–water partition coefficient (Wildman–Crippen LogP) is 4.82. The van der Waals surface area contributed by atoms with Gasteiger partial charge in [-0.2, -0.15) is 5.26 Å². The number of hydrogen-bond donors (Lipinski definition) is 2. The summed E-state index contributed by atoms with van der Waals surface area (Å²) in [7, 11) is 0. The molecular weight excluding hydrogens is 346 g/mol. The number of carbonyl (C=O) groups is 1. The maximum atomic E-state index is 12.6. The fourth-order valence-corrected chi connectivity index (χ4v) is 3.65. The third-order valence-corrected chi connectivity index (χ3v) is 5.36. The molecule has 0 bridgehead atoms. The third-order valence-electron chi connectivity index (χ3n) is 5.36. The smallest absolute Gasteiger partial charge is 0.263 e. The van der Waals surface area contributed by atoms with Crippen LogP contribution in [-0.2, 0) is 24.1 Å². The van der Waals surface area contributed by atoms with Gasteiger partial charge in [-0.25, -0.2) is 0 Å². The van der Waals surface area contributed by atoms with Gasteiger partial charge >= 0.3 is 0 Å². The normalized spacial score (nSPS) is 14.5. The van der Waals surface area contributed by atoms with Crippen LogP contribution in [0.4, 0.5) is 5.69 Å². The van der Waals surface area contributed by atoms with Crippen LogP contribution in [-0.4, -0.2) is 5.91 Å². The standard InChI is InChI=1S/C24H27N3O/c1-3-18-8-6-7-11-23(18)26-16-22(15-25)24(28)27-17(2)20-13-12-19-9-4-5-10-21(19)14-20/h6-8,11-14,16-17,26H,3-5,9-10H2,1-2H3,(H,27,28)/b22-16-. The molecule has 4 nitrogen and oxygen atoms in total. The molecule has 4 heteroatoms. The molecule has 0 spiro atoms. The Morgan fingerprint density at radius 2 is 1.93 bits per heavy atom. The predicted molar refractivity (Wildman–Crippen MR) is 113 cm³/mol. The van der Waals surface area contributed by atoms with E-state index in [1.54, 1.807) is 0 Å². The van der Waals surface area contributed by atoms with E-state index in [1.807, 2.05) is 37.3 Å². The number of amides is 1. The van der Waals surface area contributed by atoms with E-state index < -0.39 is 0 Å². The van der Waals surface area contributed by atoms with Crippen molar-refractivity contribution in [1.82, 2.24) is 5.32 Å². The topological polar surface area (TPSA) is 64.9 Å². The third kappa shape index (κ3) is 4.61. The van der Waals surface area contributed by atoms with Crippen LogP contribution in [0.15, 0.2) is 54.2 Å². The van der Waals surface area contributed by atoms with Crippen molar-refractivity contribution in [3.8, 4) is 6.07 Å². The molecule has 144 valence electrons. The molecule has 2 N–H and O–H groups in total. The zero-order valence-corrected chi connectivity index (χ0v) is 16.6. The summed E-state index contributed by atoms with van der Waals surface area (Å²) in [5, 5.41) is 15.5. The molecule has 0 saturated carbocycles. The Morgan fingerprint density at radius 1 is 1.18 bits per heavy atom. The van der Waals surface area contributed by atoms with Gasteiger partial charge in [0.15, 0.2) is 0 Å². The molecule has 0 heterocycles. The molecule has 0 fully saturated rings. The molecular formula is C24H27N3O. The average Bonchev–Trinajstić information content (AvgIpc) is 2.74. The number of rotatable bonds is 6. The first-order chi connectivity index (χ1) is 13.6. The number of nitrogens with one attached hydrogen (secondary N) is 2.